The SMILES string of the molecule is CNCCOc1ccc2c(Oc3c(F)cc(NC(=O)c4cnccc4OC4CC4)c(F)c3F)ccnc2c1. The van der Waals surface area contributed by atoms with Crippen molar-refractivity contribution in [1.82, 2.24) is 15.3 Å². The van der Waals surface area contributed by atoms with Crippen LogP contribution in [0.1, 0.15) is 23.2 Å². The molecule has 1 fully saturated rings. The van der Waals surface area contributed by atoms with Crippen LogP contribution in [0.15, 0.2) is 55.0 Å². The second-order valence-electron chi connectivity index (χ2n) is 8.55. The third-order valence-corrected chi connectivity index (χ3v) is 5.72. The van der Waals surface area contributed by atoms with E-state index in [1.807, 2.05) is 0 Å². The Morgan fingerprint density at radius 2 is 1.87 bits per heavy atom. The molecule has 0 radical (unpaired) electrons. The summed E-state index contributed by atoms with van der Waals surface area (Å²) in [5, 5.41) is 5.59. The minimum Gasteiger partial charge on any atom is -0.492 e. The van der Waals surface area contributed by atoms with Crippen LogP contribution in [0.5, 0.6) is 23.0 Å². The monoisotopic (exact) mass is 524 g/mol. The van der Waals surface area contributed by atoms with Crippen molar-refractivity contribution >= 4 is 22.5 Å². The number of halogens is 3. The van der Waals surface area contributed by atoms with Gasteiger partial charge in [-0.3, -0.25) is 14.8 Å². The summed E-state index contributed by atoms with van der Waals surface area (Å²) < 4.78 is 61.6. The van der Waals surface area contributed by atoms with Crippen molar-refractivity contribution < 1.29 is 32.2 Å². The summed E-state index contributed by atoms with van der Waals surface area (Å²) in [6.07, 6.45) is 5.78. The number of pyridine rings is 2. The topological polar surface area (TPSA) is 94.6 Å². The Bertz CT molecular complexity index is 1500. The standard InChI is InChI=1S/C27H23F3N4O4/c1-31-10-11-36-16-4-5-17-20(12-16)33-9-7-22(17)38-26-19(28)13-21(24(29)25(26)30)34-27(35)18-14-32-8-6-23(18)37-15-2-3-15/h4-9,12-15,31H,2-3,10-11H2,1H3,(H,34,35). The van der Waals surface area contributed by atoms with Gasteiger partial charge in [-0.25, -0.2) is 8.78 Å². The van der Waals surface area contributed by atoms with Gasteiger partial charge in [0, 0.05) is 42.7 Å². The van der Waals surface area contributed by atoms with E-state index < -0.39 is 34.8 Å². The number of nitrogens with zero attached hydrogens (tertiary/aromatic N) is 2. The number of anilines is 1. The Morgan fingerprint density at radius 3 is 2.66 bits per heavy atom. The van der Waals surface area contributed by atoms with Gasteiger partial charge >= 0.3 is 0 Å². The minimum atomic E-state index is -1.60. The molecule has 8 nitrogen and oxygen atoms in total. The summed E-state index contributed by atoms with van der Waals surface area (Å²) >= 11 is 0. The summed E-state index contributed by atoms with van der Waals surface area (Å²) in [5.41, 5.74) is -0.227. The molecule has 0 unspecified atom stereocenters. The zero-order valence-electron chi connectivity index (χ0n) is 20.3. The van der Waals surface area contributed by atoms with Gasteiger partial charge in [0.2, 0.25) is 11.6 Å². The molecule has 4 aromatic rings. The zero-order chi connectivity index (χ0) is 26.6. The second-order valence-corrected chi connectivity index (χ2v) is 8.55. The number of amides is 1. The van der Waals surface area contributed by atoms with E-state index >= 15 is 0 Å². The fraction of sp³-hybridized carbons (Fsp3) is 0.222. The molecule has 5 rings (SSSR count). The summed E-state index contributed by atoms with van der Waals surface area (Å²) in [6.45, 7) is 1.08. The quantitative estimate of drug-likeness (QED) is 0.217. The molecule has 11 heteroatoms. The fourth-order valence-electron chi connectivity index (χ4n) is 3.63. The predicted molar refractivity (Wildman–Crippen MR) is 133 cm³/mol. The number of carbonyl (C=O) groups excluding carboxylic acids is 1. The molecule has 0 bridgehead atoms. The number of benzene rings is 2. The Morgan fingerprint density at radius 1 is 1.05 bits per heavy atom. The van der Waals surface area contributed by atoms with Crippen LogP contribution in [-0.4, -0.2) is 42.2 Å². The van der Waals surface area contributed by atoms with Gasteiger partial charge in [-0.15, -0.1) is 0 Å². The smallest absolute Gasteiger partial charge is 0.261 e. The van der Waals surface area contributed by atoms with Crippen LogP contribution < -0.4 is 24.8 Å². The van der Waals surface area contributed by atoms with Gasteiger partial charge in [0.05, 0.1) is 22.9 Å². The van der Waals surface area contributed by atoms with Crippen LogP contribution in [0, 0.1) is 17.5 Å². The van der Waals surface area contributed by atoms with E-state index in [9.17, 15) is 18.0 Å². The van der Waals surface area contributed by atoms with Crippen molar-refractivity contribution in [3.63, 3.8) is 0 Å². The molecule has 1 aliphatic rings. The first kappa shape index (κ1) is 25.3. The number of ether oxygens (including phenoxy) is 3. The molecule has 1 saturated carbocycles. The highest BCUT2D eigenvalue weighted by Crippen LogP contribution is 2.37. The molecule has 2 aromatic heterocycles. The van der Waals surface area contributed by atoms with E-state index in [0.29, 0.717) is 35.9 Å². The molecule has 196 valence electrons. The van der Waals surface area contributed by atoms with Crippen LogP contribution >= 0.6 is 0 Å². The molecule has 0 spiro atoms. The molecule has 0 atom stereocenters. The van der Waals surface area contributed by atoms with E-state index in [2.05, 4.69) is 20.6 Å². The summed E-state index contributed by atoms with van der Waals surface area (Å²) in [6, 6.07) is 8.50. The van der Waals surface area contributed by atoms with Crippen molar-refractivity contribution in [2.24, 2.45) is 0 Å². The van der Waals surface area contributed by atoms with Crippen molar-refractivity contribution in [2.45, 2.75) is 18.9 Å². The fourth-order valence-corrected chi connectivity index (χ4v) is 3.63. The number of likely N-dealkylation sites (N-methyl/N-ethyl adjacent to an activating group) is 1. The number of nitrogens with one attached hydrogen (secondary N) is 2. The average Bonchev–Trinajstić information content (AvgIpc) is 3.74. The molecule has 38 heavy (non-hydrogen) atoms. The van der Waals surface area contributed by atoms with Gasteiger partial charge in [-0.05, 0) is 44.2 Å². The largest absolute Gasteiger partial charge is 0.492 e. The van der Waals surface area contributed by atoms with E-state index in [4.69, 9.17) is 14.2 Å². The molecule has 1 aliphatic carbocycles. The molecule has 2 heterocycles. The molecule has 0 saturated heterocycles. The normalized spacial score (nSPS) is 12.8. The third-order valence-electron chi connectivity index (χ3n) is 5.72. The maximum Gasteiger partial charge on any atom is 0.261 e. The van der Waals surface area contributed by atoms with Crippen molar-refractivity contribution in [2.75, 3.05) is 25.5 Å². The van der Waals surface area contributed by atoms with Gasteiger partial charge in [0.15, 0.2) is 11.6 Å². The lowest BCUT2D eigenvalue weighted by Gasteiger charge is -2.14. The van der Waals surface area contributed by atoms with Crippen LogP contribution in [0.4, 0.5) is 18.9 Å². The van der Waals surface area contributed by atoms with Crippen LogP contribution in [0.2, 0.25) is 0 Å². The van der Waals surface area contributed by atoms with Crippen molar-refractivity contribution in [3.8, 4) is 23.0 Å². The number of fused-ring (bicyclic) bond motifs is 1. The summed E-state index contributed by atoms with van der Waals surface area (Å²) in [4.78, 5) is 20.9. The lowest BCUT2D eigenvalue weighted by molar-refractivity contribution is 0.102. The molecule has 1 amide bonds. The Kier molecular flexibility index (Phi) is 7.27. The molecular formula is C27H23F3N4O4. The maximum absolute atomic E-state index is 15.0. The van der Waals surface area contributed by atoms with Gasteiger partial charge in [-0.2, -0.15) is 4.39 Å². The first-order valence-corrected chi connectivity index (χ1v) is 11.9. The summed E-state index contributed by atoms with van der Waals surface area (Å²) in [5.74, 6) is -5.21. The number of rotatable bonds is 10. The first-order chi connectivity index (χ1) is 18.4. The van der Waals surface area contributed by atoms with Gasteiger partial charge in [-0.1, -0.05) is 0 Å². The Labute approximate surface area is 215 Å². The molecule has 2 N–H and O–H groups in total. The molecule has 2 aromatic carbocycles. The van der Waals surface area contributed by atoms with Crippen molar-refractivity contribution in [3.05, 3.63) is 78.0 Å². The molecular weight excluding hydrogens is 501 g/mol. The minimum absolute atomic E-state index is 0.00579. The number of carbonyl (C=O) groups is 1. The van der Waals surface area contributed by atoms with Crippen LogP contribution in [0.25, 0.3) is 10.9 Å². The van der Waals surface area contributed by atoms with Crippen molar-refractivity contribution in [1.29, 1.82) is 0 Å². The van der Waals surface area contributed by atoms with Gasteiger partial charge < -0.3 is 24.8 Å². The highest BCUT2D eigenvalue weighted by atomic mass is 19.2. The number of hydrogen-bond acceptors (Lipinski definition) is 7. The Hall–Kier alpha value is -4.38. The molecule has 0 aliphatic heterocycles. The lowest BCUT2D eigenvalue weighted by atomic mass is 10.2. The highest BCUT2D eigenvalue weighted by molar-refractivity contribution is 6.06. The van der Waals surface area contributed by atoms with E-state index in [0.717, 1.165) is 12.8 Å². The zero-order valence-corrected chi connectivity index (χ0v) is 20.3. The predicted octanol–water partition coefficient (Wildman–Crippen LogP) is 5.23. The number of aromatic nitrogens is 2. The van der Waals surface area contributed by atoms with Gasteiger partial charge in [0.25, 0.3) is 5.91 Å². The average molecular weight is 524 g/mol. The number of hydrogen-bond donors (Lipinski definition) is 2. The van der Waals surface area contributed by atoms with E-state index in [1.165, 1.54) is 30.7 Å². The summed E-state index contributed by atoms with van der Waals surface area (Å²) in [7, 11) is 1.80. The maximum atomic E-state index is 15.0. The lowest BCUT2D eigenvalue weighted by Crippen LogP contribution is -2.16. The Balaban J connectivity index is 1.38. The van der Waals surface area contributed by atoms with E-state index in [1.54, 1.807) is 25.2 Å². The highest BCUT2D eigenvalue weighted by Gasteiger charge is 2.27. The van der Waals surface area contributed by atoms with Gasteiger partial charge in [0.1, 0.15) is 23.9 Å². The third kappa shape index (κ3) is 5.47. The first-order valence-electron chi connectivity index (χ1n) is 11.9. The van der Waals surface area contributed by atoms with Crippen LogP contribution in [-0.2, 0) is 0 Å². The van der Waals surface area contributed by atoms with E-state index in [-0.39, 0.29) is 23.2 Å². The second kappa shape index (κ2) is 10.9. The van der Waals surface area contributed by atoms with Crippen LogP contribution in [0.3, 0.4) is 0 Å².